The number of nitrogens with two attached hydrogens (primary N) is 1. The number of oxime groups is 1. The highest BCUT2D eigenvalue weighted by atomic mass is 32.2. The Morgan fingerprint density at radius 2 is 2.16 bits per heavy atom. The fraction of sp³-hybridized carbons (Fsp3) is 0.409. The van der Waals surface area contributed by atoms with E-state index in [1.807, 2.05) is 29.1 Å². The Morgan fingerprint density at radius 3 is 2.78 bits per heavy atom. The number of rotatable bonds is 11. The fourth-order valence-corrected chi connectivity index (χ4v) is 5.68. The first-order valence-corrected chi connectivity index (χ1v) is 13.2. The van der Waals surface area contributed by atoms with Crippen molar-refractivity contribution in [1.29, 1.82) is 0 Å². The highest BCUT2D eigenvalue weighted by molar-refractivity contribution is 8.00. The number of aliphatic carboxylic acids is 1. The van der Waals surface area contributed by atoms with Crippen LogP contribution in [0.1, 0.15) is 24.7 Å². The summed E-state index contributed by atoms with van der Waals surface area (Å²) in [7, 11) is 0. The Labute approximate surface area is 220 Å². The lowest BCUT2D eigenvalue weighted by Gasteiger charge is -2.50. The Bertz CT molecular complexity index is 1250. The van der Waals surface area contributed by atoms with Gasteiger partial charge in [-0.05, 0) is 25.3 Å². The summed E-state index contributed by atoms with van der Waals surface area (Å²) in [6, 6.07) is 2.83. The van der Waals surface area contributed by atoms with Gasteiger partial charge in [0.15, 0.2) is 24.1 Å². The van der Waals surface area contributed by atoms with Crippen LogP contribution in [0.15, 0.2) is 41.0 Å². The lowest BCUT2D eigenvalue weighted by atomic mass is 10.0. The Kier molecular flexibility index (Phi) is 8.35. The number of carbonyl (C=O) groups is 3. The zero-order valence-corrected chi connectivity index (χ0v) is 21.5. The molecule has 4 N–H and O–H groups in total. The molecule has 2 amide bonds. The van der Waals surface area contributed by atoms with Gasteiger partial charge in [0.1, 0.15) is 18.0 Å². The Morgan fingerprint density at radius 1 is 1.41 bits per heavy atom. The van der Waals surface area contributed by atoms with Crippen molar-refractivity contribution >= 4 is 51.9 Å². The molecule has 0 aromatic carbocycles. The number of carbonyl (C=O) groups excluding carboxylic acids is 3. The van der Waals surface area contributed by atoms with Crippen LogP contribution < -0.4 is 20.7 Å². The molecule has 0 bridgehead atoms. The molecule has 4 rings (SSSR count). The molecule has 4 heterocycles. The summed E-state index contributed by atoms with van der Waals surface area (Å²) >= 11 is 2.22. The number of carboxylic acid groups (broad SMARTS) is 1. The minimum atomic E-state index is -1.46. The molecular formula is C22H25N7O6S2. The summed E-state index contributed by atoms with van der Waals surface area (Å²) in [5.74, 6) is -2.49. The summed E-state index contributed by atoms with van der Waals surface area (Å²) in [5, 5.41) is 26.9. The lowest BCUT2D eigenvalue weighted by molar-refractivity contribution is -0.689. The first kappa shape index (κ1) is 26.5. The van der Waals surface area contributed by atoms with Crippen molar-refractivity contribution in [3.05, 3.63) is 47.2 Å². The Hall–Kier alpha value is -3.56. The van der Waals surface area contributed by atoms with Crippen molar-refractivity contribution in [3.63, 3.8) is 0 Å². The van der Waals surface area contributed by atoms with Gasteiger partial charge < -0.3 is 30.9 Å². The molecule has 2 aliphatic heterocycles. The second kappa shape index (κ2) is 11.7. The number of fused-ring (bicyclic) bond motifs is 1. The van der Waals surface area contributed by atoms with E-state index in [9.17, 15) is 19.5 Å². The summed E-state index contributed by atoms with van der Waals surface area (Å²) in [4.78, 5) is 48.1. The minimum absolute atomic E-state index is 0.0367. The first-order valence-electron chi connectivity index (χ1n) is 11.4. The van der Waals surface area contributed by atoms with E-state index in [-0.39, 0.29) is 42.1 Å². The average Bonchev–Trinajstić information content (AvgIpc) is 3.32. The van der Waals surface area contributed by atoms with Crippen LogP contribution in [0.3, 0.4) is 0 Å². The largest absolute Gasteiger partial charge is 0.543 e. The summed E-state index contributed by atoms with van der Waals surface area (Å²) in [6.45, 7) is 2.24. The maximum Gasteiger partial charge on any atom is 0.278 e. The molecule has 13 nitrogen and oxygen atoms in total. The number of aliphatic hydroxyl groups excluding tert-OH is 1. The number of amides is 2. The number of carboxylic acids is 1. The number of nitrogens with one attached hydrogen (secondary N) is 1. The van der Waals surface area contributed by atoms with Gasteiger partial charge in [-0.15, -0.1) is 11.8 Å². The number of hydrogen-bond acceptors (Lipinski definition) is 12. The van der Waals surface area contributed by atoms with E-state index < -0.39 is 29.2 Å². The number of aryl methyl sites for hydroxylation is 1. The molecule has 37 heavy (non-hydrogen) atoms. The number of hydrogen-bond donors (Lipinski definition) is 3. The quantitative estimate of drug-likeness (QED) is 0.125. The highest BCUT2D eigenvalue weighted by Gasteiger charge is 2.53. The van der Waals surface area contributed by atoms with Crippen LogP contribution in [0.5, 0.6) is 0 Å². The van der Waals surface area contributed by atoms with E-state index in [0.717, 1.165) is 28.4 Å². The number of thioether (sulfide) groups is 1. The average molecular weight is 548 g/mol. The predicted octanol–water partition coefficient (Wildman–Crippen LogP) is -1.82. The van der Waals surface area contributed by atoms with E-state index >= 15 is 0 Å². The maximum absolute atomic E-state index is 13.0. The molecule has 2 aromatic rings. The standard InChI is InChI=1S/C22H25N7O6S2/c1-2-35-26-14(17-25-22(23)37-27-17)18(31)24-15-19(32)29-16(21(33)34)13(11-36-20(15)29)10-28-7-5-12(6-8-28)4-3-9-30/h5-8,15,20,30H,2-4,9-11H2,1H3,(H3-,23,24,25,27,31,33,34)/t15?,20-/m0/s1. The van der Waals surface area contributed by atoms with E-state index in [1.54, 1.807) is 6.92 Å². The summed E-state index contributed by atoms with van der Waals surface area (Å²) < 4.78 is 5.79. The third-order valence-electron chi connectivity index (χ3n) is 5.64. The molecule has 1 unspecified atom stereocenters. The van der Waals surface area contributed by atoms with Gasteiger partial charge in [-0.1, -0.05) is 5.16 Å². The van der Waals surface area contributed by atoms with Crippen molar-refractivity contribution < 1.29 is 34.0 Å². The van der Waals surface area contributed by atoms with Crippen LogP contribution in [0.25, 0.3) is 0 Å². The van der Waals surface area contributed by atoms with Gasteiger partial charge in [-0.2, -0.15) is 9.36 Å². The van der Waals surface area contributed by atoms with Crippen LogP contribution in [-0.4, -0.2) is 73.2 Å². The third-order valence-corrected chi connectivity index (χ3v) is 7.52. The second-order valence-electron chi connectivity index (χ2n) is 8.12. The van der Waals surface area contributed by atoms with Gasteiger partial charge in [-0.25, -0.2) is 4.57 Å². The molecule has 0 saturated carbocycles. The van der Waals surface area contributed by atoms with Crippen molar-refractivity contribution in [2.75, 3.05) is 24.7 Å². The second-order valence-corrected chi connectivity index (χ2v) is 10.0. The van der Waals surface area contributed by atoms with Crippen LogP contribution in [-0.2, 0) is 32.2 Å². The van der Waals surface area contributed by atoms with E-state index in [4.69, 9.17) is 15.7 Å². The third kappa shape index (κ3) is 5.73. The first-order chi connectivity index (χ1) is 17.8. The molecule has 2 atom stereocenters. The molecule has 1 saturated heterocycles. The van der Waals surface area contributed by atoms with Gasteiger partial charge in [0.05, 0.1) is 11.7 Å². The number of nitrogens with zero attached hydrogens (tertiary/aromatic N) is 5. The fourth-order valence-electron chi connectivity index (χ4n) is 3.91. The summed E-state index contributed by atoms with van der Waals surface area (Å²) in [6.07, 6.45) is 5.04. The molecule has 1 fully saturated rings. The normalized spacial score (nSPS) is 19.4. The van der Waals surface area contributed by atoms with Gasteiger partial charge in [0, 0.05) is 41.6 Å². The van der Waals surface area contributed by atoms with E-state index in [0.29, 0.717) is 17.7 Å². The number of aliphatic hydroxyl groups is 1. The molecule has 0 spiro atoms. The highest BCUT2D eigenvalue weighted by Crippen LogP contribution is 2.40. The van der Waals surface area contributed by atoms with Crippen molar-refractivity contribution in [1.82, 2.24) is 19.6 Å². The van der Waals surface area contributed by atoms with Gasteiger partial charge in [-0.3, -0.25) is 14.5 Å². The van der Waals surface area contributed by atoms with Crippen molar-refractivity contribution in [2.24, 2.45) is 5.16 Å². The number of β-lactam (4-membered cyclic amide) rings is 1. The maximum atomic E-state index is 13.0. The number of anilines is 1. The monoisotopic (exact) mass is 547 g/mol. The molecular weight excluding hydrogens is 522 g/mol. The van der Waals surface area contributed by atoms with E-state index in [2.05, 4.69) is 19.8 Å². The molecule has 2 aromatic heterocycles. The lowest BCUT2D eigenvalue weighted by Crippen LogP contribution is -2.71. The molecule has 0 radical (unpaired) electrons. The van der Waals surface area contributed by atoms with Gasteiger partial charge in [0.2, 0.25) is 11.5 Å². The Balaban J connectivity index is 1.49. The van der Waals surface area contributed by atoms with Gasteiger partial charge in [0.25, 0.3) is 11.8 Å². The van der Waals surface area contributed by atoms with Crippen LogP contribution in [0.4, 0.5) is 5.13 Å². The number of aromatic nitrogens is 3. The number of nitrogen functional groups attached to an aromatic ring is 1. The number of pyridine rings is 1. The van der Waals surface area contributed by atoms with E-state index in [1.165, 1.54) is 11.8 Å². The summed E-state index contributed by atoms with van der Waals surface area (Å²) in [5.41, 5.74) is 6.76. The molecule has 15 heteroatoms. The smallest absolute Gasteiger partial charge is 0.278 e. The molecule has 196 valence electrons. The zero-order valence-electron chi connectivity index (χ0n) is 19.8. The topological polar surface area (TPSA) is 187 Å². The zero-order chi connectivity index (χ0) is 26.5. The molecule has 0 aliphatic carbocycles. The van der Waals surface area contributed by atoms with Crippen molar-refractivity contribution in [2.45, 2.75) is 37.7 Å². The predicted molar refractivity (Wildman–Crippen MR) is 132 cm³/mol. The van der Waals surface area contributed by atoms with Gasteiger partial charge >= 0.3 is 0 Å². The van der Waals surface area contributed by atoms with Crippen LogP contribution in [0.2, 0.25) is 0 Å². The van der Waals surface area contributed by atoms with Crippen LogP contribution in [0, 0.1) is 0 Å². The van der Waals surface area contributed by atoms with Crippen LogP contribution >= 0.6 is 23.3 Å². The SMILES string of the molecule is CCON=C(C(=O)NC1C(=O)N2C(C(=O)[O-])=C(C[n+]3ccc(CCCO)cc3)CS[C@@H]12)c1nsc(N)n1. The minimum Gasteiger partial charge on any atom is -0.543 e. The molecule has 2 aliphatic rings. The van der Waals surface area contributed by atoms with Crippen molar-refractivity contribution in [3.8, 4) is 0 Å².